The van der Waals surface area contributed by atoms with Gasteiger partial charge in [-0.1, -0.05) is 0 Å². The Labute approximate surface area is 78.1 Å². The van der Waals surface area contributed by atoms with Crippen molar-refractivity contribution in [1.29, 1.82) is 5.26 Å². The lowest BCUT2D eigenvalue weighted by Crippen LogP contribution is -2.01. The molecule has 0 heterocycles. The molecule has 1 rings (SSSR count). The molecule has 0 bridgehead atoms. The summed E-state index contributed by atoms with van der Waals surface area (Å²) in [7, 11) is -4.66. The Morgan fingerprint density at radius 1 is 1.29 bits per heavy atom. The molecule has 0 aliphatic rings. The van der Waals surface area contributed by atoms with Crippen LogP contribution in [0.2, 0.25) is 0 Å². The molecular formula is C7H3F2NO3S. The predicted molar refractivity (Wildman–Crippen MR) is 40.9 cm³/mol. The highest BCUT2D eigenvalue weighted by molar-refractivity contribution is 7.85. The van der Waals surface area contributed by atoms with Crippen LogP contribution in [0.5, 0.6) is 0 Å². The van der Waals surface area contributed by atoms with Gasteiger partial charge in [-0.3, -0.25) is 4.55 Å². The fourth-order valence-corrected chi connectivity index (χ4v) is 1.31. The van der Waals surface area contributed by atoms with E-state index in [4.69, 9.17) is 9.81 Å². The lowest BCUT2D eigenvalue weighted by Gasteiger charge is -1.99. The van der Waals surface area contributed by atoms with Crippen molar-refractivity contribution in [3.8, 4) is 6.07 Å². The molecule has 1 aromatic carbocycles. The van der Waals surface area contributed by atoms with Gasteiger partial charge in [-0.15, -0.1) is 0 Å². The molecule has 0 amide bonds. The summed E-state index contributed by atoms with van der Waals surface area (Å²) in [4.78, 5) is -0.925. The van der Waals surface area contributed by atoms with E-state index in [2.05, 4.69) is 0 Å². The van der Waals surface area contributed by atoms with Gasteiger partial charge in [0.15, 0.2) is 0 Å². The number of rotatable bonds is 1. The Morgan fingerprint density at radius 3 is 2.00 bits per heavy atom. The van der Waals surface area contributed by atoms with E-state index >= 15 is 0 Å². The van der Waals surface area contributed by atoms with Gasteiger partial charge < -0.3 is 0 Å². The first-order valence-corrected chi connectivity index (χ1v) is 4.67. The van der Waals surface area contributed by atoms with Gasteiger partial charge in [-0.25, -0.2) is 8.78 Å². The van der Waals surface area contributed by atoms with Crippen LogP contribution >= 0.6 is 0 Å². The molecule has 1 N–H and O–H groups in total. The highest BCUT2D eigenvalue weighted by Gasteiger charge is 2.17. The monoisotopic (exact) mass is 219 g/mol. The minimum atomic E-state index is -4.66. The van der Waals surface area contributed by atoms with Crippen molar-refractivity contribution < 1.29 is 21.8 Å². The van der Waals surface area contributed by atoms with Crippen molar-refractivity contribution >= 4 is 10.1 Å². The smallest absolute Gasteiger partial charge is 0.282 e. The van der Waals surface area contributed by atoms with E-state index in [0.717, 1.165) is 0 Å². The van der Waals surface area contributed by atoms with E-state index in [9.17, 15) is 17.2 Å². The minimum Gasteiger partial charge on any atom is -0.282 e. The summed E-state index contributed by atoms with van der Waals surface area (Å²) >= 11 is 0. The number of hydrogen-bond acceptors (Lipinski definition) is 3. The molecule has 0 saturated heterocycles. The zero-order chi connectivity index (χ0) is 10.9. The third-order valence-corrected chi connectivity index (χ3v) is 2.26. The van der Waals surface area contributed by atoms with Crippen molar-refractivity contribution in [3.05, 3.63) is 29.3 Å². The summed E-state index contributed by atoms with van der Waals surface area (Å²) in [6.45, 7) is 0. The quantitative estimate of drug-likeness (QED) is 0.717. The fraction of sp³-hybridized carbons (Fsp3) is 0. The third kappa shape index (κ3) is 1.86. The fourth-order valence-electron chi connectivity index (χ4n) is 0.806. The molecule has 0 fully saturated rings. The van der Waals surface area contributed by atoms with Gasteiger partial charge >= 0.3 is 0 Å². The van der Waals surface area contributed by atoms with E-state index in [1.54, 1.807) is 0 Å². The molecule has 74 valence electrons. The maximum absolute atomic E-state index is 12.8. The molecule has 4 nitrogen and oxygen atoms in total. The highest BCUT2D eigenvalue weighted by atomic mass is 32.2. The second-order valence-corrected chi connectivity index (χ2v) is 3.77. The van der Waals surface area contributed by atoms with Crippen LogP contribution in [0.1, 0.15) is 5.56 Å². The molecule has 7 heteroatoms. The number of benzene rings is 1. The molecule has 0 unspecified atom stereocenters. The van der Waals surface area contributed by atoms with Gasteiger partial charge in [0, 0.05) is 0 Å². The Kier molecular flexibility index (Phi) is 2.51. The van der Waals surface area contributed by atoms with E-state index in [1.807, 2.05) is 0 Å². The number of hydrogen-bond donors (Lipinski definition) is 1. The lowest BCUT2D eigenvalue weighted by atomic mass is 10.2. The average molecular weight is 219 g/mol. The molecular weight excluding hydrogens is 216 g/mol. The summed E-state index contributed by atoms with van der Waals surface area (Å²) in [5.41, 5.74) is -0.891. The van der Waals surface area contributed by atoms with E-state index in [-0.39, 0.29) is 0 Å². The molecule has 0 radical (unpaired) electrons. The van der Waals surface area contributed by atoms with Gasteiger partial charge in [-0.2, -0.15) is 13.7 Å². The summed E-state index contributed by atoms with van der Waals surface area (Å²) in [6.07, 6.45) is 0. The van der Waals surface area contributed by atoms with Gasteiger partial charge in [0.05, 0.1) is 4.90 Å². The van der Waals surface area contributed by atoms with Crippen LogP contribution in [0.25, 0.3) is 0 Å². The largest absolute Gasteiger partial charge is 0.294 e. The van der Waals surface area contributed by atoms with Crippen LogP contribution in [0, 0.1) is 23.0 Å². The van der Waals surface area contributed by atoms with Gasteiger partial charge in [0.2, 0.25) is 0 Å². The molecule has 0 aromatic heterocycles. The van der Waals surface area contributed by atoms with Gasteiger partial charge in [0.1, 0.15) is 23.3 Å². The minimum absolute atomic E-state index is 0.372. The number of halogens is 2. The van der Waals surface area contributed by atoms with Gasteiger partial charge in [-0.05, 0) is 12.1 Å². The van der Waals surface area contributed by atoms with E-state index in [0.29, 0.717) is 12.1 Å². The van der Waals surface area contributed by atoms with Crippen molar-refractivity contribution in [2.45, 2.75) is 4.90 Å². The first kappa shape index (κ1) is 10.6. The highest BCUT2D eigenvalue weighted by Crippen LogP contribution is 2.17. The molecule has 0 aliphatic carbocycles. The van der Waals surface area contributed by atoms with Crippen LogP contribution in [-0.2, 0) is 10.1 Å². The first-order chi connectivity index (χ1) is 6.36. The van der Waals surface area contributed by atoms with Crippen LogP contribution in [-0.4, -0.2) is 13.0 Å². The second-order valence-electron chi connectivity index (χ2n) is 2.35. The Bertz CT molecular complexity index is 495. The topological polar surface area (TPSA) is 78.2 Å². The normalized spacial score (nSPS) is 11.0. The Hall–Kier alpha value is -1.52. The van der Waals surface area contributed by atoms with Crippen LogP contribution in [0.4, 0.5) is 8.78 Å². The maximum Gasteiger partial charge on any atom is 0.294 e. The first-order valence-electron chi connectivity index (χ1n) is 3.23. The summed E-state index contributed by atoms with van der Waals surface area (Å²) < 4.78 is 55.0. The maximum atomic E-state index is 12.8. The summed E-state index contributed by atoms with van der Waals surface area (Å²) in [6, 6.07) is 1.96. The van der Waals surface area contributed by atoms with E-state index in [1.165, 1.54) is 6.07 Å². The molecule has 14 heavy (non-hydrogen) atoms. The lowest BCUT2D eigenvalue weighted by molar-refractivity contribution is 0.479. The Balaban J connectivity index is 3.53. The zero-order valence-electron chi connectivity index (χ0n) is 6.53. The summed E-state index contributed by atoms with van der Waals surface area (Å²) in [5.74, 6) is -2.67. The van der Waals surface area contributed by atoms with Crippen LogP contribution in [0.3, 0.4) is 0 Å². The van der Waals surface area contributed by atoms with Crippen molar-refractivity contribution in [2.24, 2.45) is 0 Å². The molecule has 0 aliphatic heterocycles. The summed E-state index contributed by atoms with van der Waals surface area (Å²) in [5, 5.41) is 8.25. The average Bonchev–Trinajstić information content (AvgIpc) is 2.01. The van der Waals surface area contributed by atoms with E-state index < -0.39 is 32.2 Å². The van der Waals surface area contributed by atoms with Gasteiger partial charge in [0.25, 0.3) is 10.1 Å². The molecule has 0 saturated carbocycles. The standard InChI is InChI=1S/C7H3F2NO3S/c8-6-1-4(14(11,12)13)2-7(9)5(6)3-10/h1-2H,(H,11,12,13). The van der Waals surface area contributed by atoms with Crippen molar-refractivity contribution in [3.63, 3.8) is 0 Å². The zero-order valence-corrected chi connectivity index (χ0v) is 7.35. The number of nitrogens with zero attached hydrogens (tertiary/aromatic N) is 1. The molecule has 1 aromatic rings. The van der Waals surface area contributed by atoms with Crippen LogP contribution < -0.4 is 0 Å². The SMILES string of the molecule is N#Cc1c(F)cc(S(=O)(=O)O)cc1F. The molecule has 0 spiro atoms. The third-order valence-electron chi connectivity index (χ3n) is 1.43. The molecule has 0 atom stereocenters. The second kappa shape index (κ2) is 3.32. The van der Waals surface area contributed by atoms with Crippen molar-refractivity contribution in [2.75, 3.05) is 0 Å². The van der Waals surface area contributed by atoms with Crippen LogP contribution in [0.15, 0.2) is 17.0 Å². The predicted octanol–water partition coefficient (Wildman–Crippen LogP) is 1.08. The van der Waals surface area contributed by atoms with Crippen molar-refractivity contribution in [1.82, 2.24) is 0 Å². The Morgan fingerprint density at radius 2 is 1.71 bits per heavy atom. The number of nitriles is 1.